The molecule has 1 N–H and O–H groups in total. The lowest BCUT2D eigenvalue weighted by Crippen LogP contribution is -2.22. The van der Waals surface area contributed by atoms with E-state index in [4.69, 9.17) is 4.74 Å². The van der Waals surface area contributed by atoms with E-state index in [9.17, 15) is 8.78 Å². The summed E-state index contributed by atoms with van der Waals surface area (Å²) in [6.07, 6.45) is 1.04. The van der Waals surface area contributed by atoms with Gasteiger partial charge in [0.15, 0.2) is 17.4 Å². The highest BCUT2D eigenvalue weighted by atomic mass is 19.1. The van der Waals surface area contributed by atoms with Crippen LogP contribution in [-0.2, 0) is 6.54 Å². The second-order valence-corrected chi connectivity index (χ2v) is 4.48. The predicted octanol–water partition coefficient (Wildman–Crippen LogP) is 3.42. The zero-order chi connectivity index (χ0) is 13.7. The number of rotatable bonds is 6. The minimum absolute atomic E-state index is 0.257. The van der Waals surface area contributed by atoms with Gasteiger partial charge in [-0.05, 0) is 24.6 Å². The molecule has 4 heteroatoms. The lowest BCUT2D eigenvalue weighted by molar-refractivity contribution is 0.243. The first-order chi connectivity index (χ1) is 8.43. The maximum atomic E-state index is 13.7. The summed E-state index contributed by atoms with van der Waals surface area (Å²) in [6, 6.07) is 2.82. The van der Waals surface area contributed by atoms with E-state index in [2.05, 4.69) is 11.9 Å². The van der Waals surface area contributed by atoms with Crippen LogP contribution in [0.3, 0.4) is 0 Å². The Labute approximate surface area is 107 Å². The van der Waals surface area contributed by atoms with Gasteiger partial charge >= 0.3 is 0 Å². The molecule has 1 atom stereocenters. The number of ether oxygens (including phenoxy) is 1. The van der Waals surface area contributed by atoms with Gasteiger partial charge in [-0.3, -0.25) is 0 Å². The molecule has 0 aliphatic rings. The topological polar surface area (TPSA) is 21.3 Å². The van der Waals surface area contributed by atoms with Gasteiger partial charge in [0.2, 0.25) is 0 Å². The van der Waals surface area contributed by atoms with Crippen molar-refractivity contribution < 1.29 is 13.5 Å². The Bertz CT molecular complexity index is 395. The summed E-state index contributed by atoms with van der Waals surface area (Å²) in [5.41, 5.74) is 0.553. The number of halogens is 2. The first-order valence-electron chi connectivity index (χ1n) is 5.94. The van der Waals surface area contributed by atoms with Crippen LogP contribution in [-0.4, -0.2) is 12.1 Å². The van der Waals surface area contributed by atoms with Gasteiger partial charge in [0.1, 0.15) is 6.10 Å². The van der Waals surface area contributed by atoms with Crippen molar-refractivity contribution in [2.75, 3.05) is 0 Å². The third-order valence-electron chi connectivity index (χ3n) is 2.41. The average molecular weight is 255 g/mol. The SMILES string of the molecule is C=CC(C)Oc1c(F)cc(CNC(C)C)cc1F. The van der Waals surface area contributed by atoms with Gasteiger partial charge < -0.3 is 10.1 Å². The van der Waals surface area contributed by atoms with Crippen LogP contribution in [0.15, 0.2) is 24.8 Å². The molecule has 0 saturated heterocycles. The highest BCUT2D eigenvalue weighted by Gasteiger charge is 2.14. The van der Waals surface area contributed by atoms with Crippen LogP contribution in [0.4, 0.5) is 8.78 Å². The fraction of sp³-hybridized carbons (Fsp3) is 0.429. The predicted molar refractivity (Wildman–Crippen MR) is 68.6 cm³/mol. The van der Waals surface area contributed by atoms with Crippen molar-refractivity contribution in [1.29, 1.82) is 0 Å². The maximum absolute atomic E-state index is 13.7. The number of hydrogen-bond acceptors (Lipinski definition) is 2. The summed E-state index contributed by atoms with van der Waals surface area (Å²) in [7, 11) is 0. The molecule has 0 amide bonds. The van der Waals surface area contributed by atoms with Crippen molar-refractivity contribution in [1.82, 2.24) is 5.32 Å². The Hall–Kier alpha value is -1.42. The first kappa shape index (κ1) is 14.6. The van der Waals surface area contributed by atoms with Crippen LogP contribution in [0.5, 0.6) is 5.75 Å². The highest BCUT2D eigenvalue weighted by molar-refractivity contribution is 5.31. The zero-order valence-electron chi connectivity index (χ0n) is 11.0. The van der Waals surface area contributed by atoms with Gasteiger partial charge in [-0.2, -0.15) is 0 Å². The molecule has 0 heterocycles. The molecule has 1 aromatic rings. The molecular formula is C14H19F2NO. The molecule has 1 unspecified atom stereocenters. The van der Waals surface area contributed by atoms with E-state index < -0.39 is 17.7 Å². The van der Waals surface area contributed by atoms with Gasteiger partial charge in [0.05, 0.1) is 0 Å². The summed E-state index contributed by atoms with van der Waals surface area (Å²) in [5, 5.41) is 3.10. The first-order valence-corrected chi connectivity index (χ1v) is 5.94. The van der Waals surface area contributed by atoms with Crippen LogP contribution >= 0.6 is 0 Å². The summed E-state index contributed by atoms with van der Waals surface area (Å²) >= 11 is 0. The molecule has 2 nitrogen and oxygen atoms in total. The standard InChI is InChI=1S/C14H19F2NO/c1-5-10(4)18-14-12(15)6-11(7-13(14)16)8-17-9(2)3/h5-7,9-10,17H,1,8H2,2-4H3. The molecule has 1 rings (SSSR count). The Kier molecular flexibility index (Phi) is 5.28. The van der Waals surface area contributed by atoms with Crippen LogP contribution in [0.1, 0.15) is 26.3 Å². The maximum Gasteiger partial charge on any atom is 0.191 e. The molecule has 0 bridgehead atoms. The molecule has 0 aromatic heterocycles. The van der Waals surface area contributed by atoms with Crippen LogP contribution < -0.4 is 10.1 Å². The van der Waals surface area contributed by atoms with Crippen LogP contribution in [0.2, 0.25) is 0 Å². The van der Waals surface area contributed by atoms with E-state index in [1.54, 1.807) is 6.92 Å². The Balaban J connectivity index is 2.86. The third kappa shape index (κ3) is 4.11. The van der Waals surface area contributed by atoms with Crippen molar-refractivity contribution >= 4 is 0 Å². The largest absolute Gasteiger partial charge is 0.481 e. The van der Waals surface area contributed by atoms with Crippen LogP contribution in [0.25, 0.3) is 0 Å². The number of benzene rings is 1. The minimum atomic E-state index is -0.691. The lowest BCUT2D eigenvalue weighted by Gasteiger charge is -2.14. The highest BCUT2D eigenvalue weighted by Crippen LogP contribution is 2.24. The zero-order valence-corrected chi connectivity index (χ0v) is 11.0. The van der Waals surface area contributed by atoms with Gasteiger partial charge in [0.25, 0.3) is 0 Å². The smallest absolute Gasteiger partial charge is 0.191 e. The second kappa shape index (κ2) is 6.50. The second-order valence-electron chi connectivity index (χ2n) is 4.48. The summed E-state index contributed by atoms with van der Waals surface area (Å²) < 4.78 is 32.5. The van der Waals surface area contributed by atoms with E-state index in [1.165, 1.54) is 18.2 Å². The van der Waals surface area contributed by atoms with Gasteiger partial charge in [-0.25, -0.2) is 8.78 Å². The molecule has 100 valence electrons. The minimum Gasteiger partial charge on any atom is -0.481 e. The Morgan fingerprint density at radius 2 is 1.83 bits per heavy atom. The van der Waals surface area contributed by atoms with E-state index in [0.29, 0.717) is 12.1 Å². The molecular weight excluding hydrogens is 236 g/mol. The van der Waals surface area contributed by atoms with E-state index in [1.807, 2.05) is 13.8 Å². The van der Waals surface area contributed by atoms with Crippen molar-refractivity contribution in [3.63, 3.8) is 0 Å². The van der Waals surface area contributed by atoms with E-state index >= 15 is 0 Å². The quantitative estimate of drug-likeness (QED) is 0.786. The molecule has 0 saturated carbocycles. The fourth-order valence-electron chi connectivity index (χ4n) is 1.38. The Morgan fingerprint density at radius 3 is 2.28 bits per heavy atom. The lowest BCUT2D eigenvalue weighted by atomic mass is 10.2. The van der Waals surface area contributed by atoms with Gasteiger partial charge in [0, 0.05) is 12.6 Å². The van der Waals surface area contributed by atoms with E-state index in [0.717, 1.165) is 0 Å². The van der Waals surface area contributed by atoms with E-state index in [-0.39, 0.29) is 11.8 Å². The number of hydrogen-bond donors (Lipinski definition) is 1. The van der Waals surface area contributed by atoms with Crippen LogP contribution in [0, 0.1) is 11.6 Å². The fourth-order valence-corrected chi connectivity index (χ4v) is 1.38. The van der Waals surface area contributed by atoms with Gasteiger partial charge in [-0.15, -0.1) is 0 Å². The molecule has 0 aliphatic heterocycles. The van der Waals surface area contributed by atoms with Crippen molar-refractivity contribution in [2.45, 2.75) is 39.5 Å². The van der Waals surface area contributed by atoms with Crippen molar-refractivity contribution in [2.24, 2.45) is 0 Å². The normalized spacial score (nSPS) is 12.6. The summed E-state index contributed by atoms with van der Waals surface area (Å²) in [6.45, 7) is 9.53. The van der Waals surface area contributed by atoms with Gasteiger partial charge in [-0.1, -0.05) is 26.5 Å². The number of nitrogens with one attached hydrogen (secondary N) is 1. The molecule has 0 radical (unpaired) electrons. The molecule has 0 fully saturated rings. The summed E-state index contributed by atoms with van der Waals surface area (Å²) in [5.74, 6) is -1.73. The molecule has 1 aromatic carbocycles. The molecule has 18 heavy (non-hydrogen) atoms. The monoisotopic (exact) mass is 255 g/mol. The molecule has 0 spiro atoms. The molecule has 0 aliphatic carbocycles. The summed E-state index contributed by atoms with van der Waals surface area (Å²) in [4.78, 5) is 0. The van der Waals surface area contributed by atoms with Crippen molar-refractivity contribution in [3.05, 3.63) is 42.0 Å². The third-order valence-corrected chi connectivity index (χ3v) is 2.41. The van der Waals surface area contributed by atoms with Crippen molar-refractivity contribution in [3.8, 4) is 5.75 Å². The average Bonchev–Trinajstić information content (AvgIpc) is 2.30. The Morgan fingerprint density at radius 1 is 1.28 bits per heavy atom.